The summed E-state index contributed by atoms with van der Waals surface area (Å²) in [5, 5.41) is 2.93. The third-order valence-corrected chi connectivity index (χ3v) is 6.80. The molecule has 0 saturated carbocycles. The Hall–Kier alpha value is -4.21. The number of nitrogens with one attached hydrogen (secondary N) is 1. The summed E-state index contributed by atoms with van der Waals surface area (Å²) in [6.45, 7) is 7.67. The predicted octanol–water partition coefficient (Wildman–Crippen LogP) is 3.76. The number of nitrogens with zero attached hydrogens (tertiary/aromatic N) is 2. The number of carbonyl (C=O) groups excluding carboxylic acids is 5. The zero-order valence-electron chi connectivity index (χ0n) is 22.4. The van der Waals surface area contributed by atoms with Gasteiger partial charge in [0.15, 0.2) is 0 Å². The fraction of sp³-hybridized carbons (Fsp3) is 0.414. The van der Waals surface area contributed by atoms with Crippen LogP contribution < -0.4 is 10.1 Å². The largest absolute Gasteiger partial charge is 0.513 e. The number of fused-ring (bicyclic) bond motifs is 1. The van der Waals surface area contributed by atoms with Crippen LogP contribution in [0.15, 0.2) is 42.5 Å². The summed E-state index contributed by atoms with van der Waals surface area (Å²) in [6.07, 6.45) is 0.674. The number of imide groups is 1. The number of amides is 4. The number of carbonyl (C=O) groups is 5. The molecule has 2 aliphatic heterocycles. The van der Waals surface area contributed by atoms with Crippen LogP contribution in [0.25, 0.3) is 0 Å². The molecule has 10 nitrogen and oxygen atoms in total. The summed E-state index contributed by atoms with van der Waals surface area (Å²) in [4.78, 5) is 65.4. The Morgan fingerprint density at radius 3 is 2.23 bits per heavy atom. The third-order valence-electron chi connectivity index (χ3n) is 6.80. The van der Waals surface area contributed by atoms with Gasteiger partial charge in [-0.3, -0.25) is 24.1 Å². The van der Waals surface area contributed by atoms with Gasteiger partial charge >= 0.3 is 6.16 Å². The van der Waals surface area contributed by atoms with E-state index in [1.165, 1.54) is 11.0 Å². The van der Waals surface area contributed by atoms with Crippen molar-refractivity contribution < 1.29 is 33.4 Å². The summed E-state index contributed by atoms with van der Waals surface area (Å²) < 4.78 is 9.76. The van der Waals surface area contributed by atoms with E-state index in [1.54, 1.807) is 48.2 Å². The minimum Gasteiger partial charge on any atom is -0.434 e. The lowest BCUT2D eigenvalue weighted by Gasteiger charge is -2.32. The topological polar surface area (TPSA) is 122 Å². The quantitative estimate of drug-likeness (QED) is 0.310. The molecule has 0 atom stereocenters. The van der Waals surface area contributed by atoms with Gasteiger partial charge in [-0.1, -0.05) is 13.8 Å². The Labute approximate surface area is 227 Å². The van der Waals surface area contributed by atoms with E-state index in [-0.39, 0.29) is 47.6 Å². The van der Waals surface area contributed by atoms with Gasteiger partial charge in [-0.25, -0.2) is 4.79 Å². The first-order valence-electron chi connectivity index (χ1n) is 13.2. The lowest BCUT2D eigenvalue weighted by molar-refractivity contribution is 0.0634. The molecule has 0 bridgehead atoms. The highest BCUT2D eigenvalue weighted by Gasteiger charge is 2.36. The van der Waals surface area contributed by atoms with Gasteiger partial charge in [-0.05, 0) is 74.1 Å². The molecule has 2 aromatic rings. The van der Waals surface area contributed by atoms with Gasteiger partial charge < -0.3 is 19.7 Å². The van der Waals surface area contributed by atoms with Crippen molar-refractivity contribution >= 4 is 29.8 Å². The lowest BCUT2D eigenvalue weighted by Crippen LogP contribution is -2.41. The first kappa shape index (κ1) is 27.8. The Kier molecular flexibility index (Phi) is 8.63. The number of rotatable bonds is 8. The summed E-state index contributed by atoms with van der Waals surface area (Å²) >= 11 is 0. The maximum atomic E-state index is 12.9. The van der Waals surface area contributed by atoms with Crippen molar-refractivity contribution in [3.05, 3.63) is 64.7 Å². The zero-order chi connectivity index (χ0) is 28.1. The molecule has 10 heteroatoms. The Morgan fingerprint density at radius 1 is 0.949 bits per heavy atom. The minimum atomic E-state index is -0.793. The van der Waals surface area contributed by atoms with Gasteiger partial charge in [0.2, 0.25) is 0 Å². The van der Waals surface area contributed by atoms with Crippen molar-refractivity contribution in [3.8, 4) is 5.75 Å². The highest BCUT2D eigenvalue weighted by atomic mass is 16.7. The fourth-order valence-corrected chi connectivity index (χ4v) is 4.73. The molecule has 39 heavy (non-hydrogen) atoms. The molecule has 2 heterocycles. The molecule has 0 unspecified atom stereocenters. The van der Waals surface area contributed by atoms with Gasteiger partial charge in [0.25, 0.3) is 23.6 Å². The zero-order valence-corrected chi connectivity index (χ0v) is 22.4. The maximum Gasteiger partial charge on any atom is 0.513 e. The minimum absolute atomic E-state index is 0.107. The van der Waals surface area contributed by atoms with E-state index in [1.807, 2.05) is 13.8 Å². The number of likely N-dealkylation sites (tertiary alicyclic amines) is 1. The van der Waals surface area contributed by atoms with Crippen LogP contribution in [-0.2, 0) is 4.74 Å². The molecule has 0 aromatic heterocycles. The molecule has 2 aromatic carbocycles. The first-order valence-corrected chi connectivity index (χ1v) is 13.2. The van der Waals surface area contributed by atoms with E-state index in [0.717, 1.165) is 12.8 Å². The SMILES string of the molecule is CCOC(=O)Oc1ccc(C(=O)N2CCC(CNC(=O)c3ccc4c(c3)C(=O)N(CC(C)C)C4=O)CC2)cc1. The molecule has 206 valence electrons. The first-order chi connectivity index (χ1) is 18.7. The molecular weight excluding hydrogens is 502 g/mol. The fourth-order valence-electron chi connectivity index (χ4n) is 4.73. The van der Waals surface area contributed by atoms with Crippen molar-refractivity contribution in [2.45, 2.75) is 33.6 Å². The second kappa shape index (κ2) is 12.1. The van der Waals surface area contributed by atoms with Gasteiger partial charge in [0.05, 0.1) is 17.7 Å². The summed E-state index contributed by atoms with van der Waals surface area (Å²) in [5.41, 5.74) is 1.43. The maximum absolute atomic E-state index is 12.9. The van der Waals surface area contributed by atoms with Gasteiger partial charge in [0.1, 0.15) is 5.75 Å². The van der Waals surface area contributed by atoms with E-state index in [4.69, 9.17) is 9.47 Å². The average molecular weight is 536 g/mol. The normalized spacial score (nSPS) is 15.4. The van der Waals surface area contributed by atoms with E-state index < -0.39 is 6.16 Å². The molecule has 1 fully saturated rings. The molecule has 1 saturated heterocycles. The summed E-state index contributed by atoms with van der Waals surface area (Å²) in [5.74, 6) is -0.443. The van der Waals surface area contributed by atoms with E-state index >= 15 is 0 Å². The van der Waals surface area contributed by atoms with Crippen LogP contribution in [-0.4, -0.2) is 72.4 Å². The molecule has 2 aliphatic rings. The van der Waals surface area contributed by atoms with Crippen molar-refractivity contribution in [3.63, 3.8) is 0 Å². The molecule has 0 aliphatic carbocycles. The Morgan fingerprint density at radius 2 is 1.59 bits per heavy atom. The molecule has 0 radical (unpaired) electrons. The molecule has 4 rings (SSSR count). The molecule has 1 N–H and O–H groups in total. The third kappa shape index (κ3) is 6.45. The molecule has 4 amide bonds. The van der Waals surface area contributed by atoms with Crippen LogP contribution in [0.5, 0.6) is 5.75 Å². The van der Waals surface area contributed by atoms with Crippen molar-refractivity contribution in [1.82, 2.24) is 15.1 Å². The van der Waals surface area contributed by atoms with Crippen LogP contribution in [0.3, 0.4) is 0 Å². The monoisotopic (exact) mass is 535 g/mol. The molecule has 0 spiro atoms. The van der Waals surface area contributed by atoms with Gasteiger partial charge in [-0.15, -0.1) is 0 Å². The van der Waals surface area contributed by atoms with E-state index in [9.17, 15) is 24.0 Å². The molecular formula is C29H33N3O7. The number of hydrogen-bond donors (Lipinski definition) is 1. The summed E-state index contributed by atoms with van der Waals surface area (Å²) in [7, 11) is 0. The van der Waals surface area contributed by atoms with Crippen molar-refractivity contribution in [1.29, 1.82) is 0 Å². The highest BCUT2D eigenvalue weighted by molar-refractivity contribution is 6.22. The van der Waals surface area contributed by atoms with Gasteiger partial charge in [0, 0.05) is 37.3 Å². The smallest absolute Gasteiger partial charge is 0.434 e. The average Bonchev–Trinajstić information content (AvgIpc) is 3.16. The lowest BCUT2D eigenvalue weighted by atomic mass is 9.96. The van der Waals surface area contributed by atoms with Crippen LogP contribution in [0.2, 0.25) is 0 Å². The highest BCUT2D eigenvalue weighted by Crippen LogP contribution is 2.25. The number of hydrogen-bond acceptors (Lipinski definition) is 7. The van der Waals surface area contributed by atoms with Crippen LogP contribution >= 0.6 is 0 Å². The van der Waals surface area contributed by atoms with Crippen LogP contribution in [0, 0.1) is 11.8 Å². The second-order valence-corrected chi connectivity index (χ2v) is 10.1. The van der Waals surface area contributed by atoms with Crippen molar-refractivity contribution in [2.24, 2.45) is 11.8 Å². The van der Waals surface area contributed by atoms with Crippen LogP contribution in [0.4, 0.5) is 4.79 Å². The predicted molar refractivity (Wildman–Crippen MR) is 142 cm³/mol. The Balaban J connectivity index is 1.26. The number of benzene rings is 2. The van der Waals surface area contributed by atoms with Crippen LogP contribution in [0.1, 0.15) is 75.0 Å². The van der Waals surface area contributed by atoms with Crippen molar-refractivity contribution in [2.75, 3.05) is 32.8 Å². The summed E-state index contributed by atoms with van der Waals surface area (Å²) in [6, 6.07) is 10.9. The number of piperidine rings is 1. The number of ether oxygens (including phenoxy) is 2. The standard InChI is InChI=1S/C29H33N3O7/c1-4-38-29(37)39-22-8-5-20(6-9-22)26(34)31-13-11-19(12-14-31)16-30-25(33)21-7-10-23-24(15-21)28(36)32(27(23)35)17-18(2)3/h5-10,15,18-19H,4,11-14,16-17H2,1-3H3,(H,30,33). The van der Waals surface area contributed by atoms with E-state index in [2.05, 4.69) is 5.32 Å². The van der Waals surface area contributed by atoms with Gasteiger partial charge in [-0.2, -0.15) is 0 Å². The second-order valence-electron chi connectivity index (χ2n) is 10.1. The van der Waals surface area contributed by atoms with E-state index in [0.29, 0.717) is 48.6 Å². The Bertz CT molecular complexity index is 1260.